The molecule has 196 valence electrons. The zero-order valence-electron chi connectivity index (χ0n) is 22.0. The minimum absolute atomic E-state index is 0.163. The summed E-state index contributed by atoms with van der Waals surface area (Å²) in [7, 11) is 3.24. The van der Waals surface area contributed by atoms with Gasteiger partial charge >= 0.3 is 0 Å². The molecule has 2 amide bonds. The first-order valence-electron chi connectivity index (χ1n) is 13.1. The van der Waals surface area contributed by atoms with Gasteiger partial charge in [-0.3, -0.25) is 9.59 Å². The first kappa shape index (κ1) is 24.7. The third-order valence-electron chi connectivity index (χ3n) is 8.03. The quantitative estimate of drug-likeness (QED) is 0.279. The molecule has 0 saturated carbocycles. The van der Waals surface area contributed by atoms with Gasteiger partial charge in [0.2, 0.25) is 11.8 Å². The molecule has 2 saturated heterocycles. The minimum Gasteiger partial charge on any atom is -0.497 e. The van der Waals surface area contributed by atoms with E-state index in [4.69, 9.17) is 9.47 Å². The van der Waals surface area contributed by atoms with Crippen LogP contribution in [0.2, 0.25) is 0 Å². The van der Waals surface area contributed by atoms with Crippen molar-refractivity contribution in [1.29, 1.82) is 0 Å². The molecule has 2 aliphatic heterocycles. The second-order valence-electron chi connectivity index (χ2n) is 10.1. The van der Waals surface area contributed by atoms with E-state index in [1.165, 1.54) is 0 Å². The van der Waals surface area contributed by atoms with E-state index < -0.39 is 5.41 Å². The van der Waals surface area contributed by atoms with Gasteiger partial charge in [-0.1, -0.05) is 60.7 Å². The molecule has 4 aromatic rings. The molecule has 39 heavy (non-hydrogen) atoms. The third-order valence-corrected chi connectivity index (χ3v) is 8.03. The highest BCUT2D eigenvalue weighted by Gasteiger charge is 2.64. The number of carbonyl (C=O) groups excluding carboxylic acids is 2. The van der Waals surface area contributed by atoms with Crippen LogP contribution < -0.4 is 19.3 Å². The van der Waals surface area contributed by atoms with E-state index in [1.807, 2.05) is 119 Å². The molecule has 0 bridgehead atoms. The zero-order valence-corrected chi connectivity index (χ0v) is 22.0. The number of rotatable bonds is 6. The maximum Gasteiger partial charge on any atom is 0.243 e. The SMILES string of the molecule is COc1ccc(N2C(=O)C3(CC2c2ccccc2)CC(c2ccccc2)N(c2ccc(OC)cc2)C3=O)cc1. The number of ether oxygens (including phenoxy) is 2. The molecule has 6 rings (SSSR count). The third kappa shape index (κ3) is 4.13. The number of carbonyl (C=O) groups is 2. The highest BCUT2D eigenvalue weighted by atomic mass is 16.5. The summed E-state index contributed by atoms with van der Waals surface area (Å²) < 4.78 is 10.7. The van der Waals surface area contributed by atoms with Gasteiger partial charge < -0.3 is 19.3 Å². The fraction of sp³-hybridized carbons (Fsp3) is 0.212. The Morgan fingerprint density at radius 2 is 0.923 bits per heavy atom. The summed E-state index contributed by atoms with van der Waals surface area (Å²) in [6.45, 7) is 0. The summed E-state index contributed by atoms with van der Waals surface area (Å²) in [6.07, 6.45) is 0.799. The van der Waals surface area contributed by atoms with E-state index in [9.17, 15) is 9.59 Å². The Hall–Kier alpha value is -4.58. The van der Waals surface area contributed by atoms with Crippen molar-refractivity contribution in [3.05, 3.63) is 120 Å². The smallest absolute Gasteiger partial charge is 0.243 e. The van der Waals surface area contributed by atoms with Gasteiger partial charge in [0.1, 0.15) is 16.9 Å². The molecular weight excluding hydrogens is 488 g/mol. The summed E-state index contributed by atoms with van der Waals surface area (Å²) in [5.41, 5.74) is 2.31. The van der Waals surface area contributed by atoms with Crippen molar-refractivity contribution in [3.63, 3.8) is 0 Å². The summed E-state index contributed by atoms with van der Waals surface area (Å²) in [6, 6.07) is 34.4. The van der Waals surface area contributed by atoms with Crippen LogP contribution in [0.1, 0.15) is 36.1 Å². The molecule has 2 unspecified atom stereocenters. The van der Waals surface area contributed by atoms with Gasteiger partial charge in [0, 0.05) is 11.4 Å². The van der Waals surface area contributed by atoms with Gasteiger partial charge in [-0.25, -0.2) is 0 Å². The van der Waals surface area contributed by atoms with Gasteiger partial charge in [0.15, 0.2) is 0 Å². The molecule has 1 spiro atoms. The number of hydrogen-bond acceptors (Lipinski definition) is 4. The van der Waals surface area contributed by atoms with E-state index in [-0.39, 0.29) is 23.9 Å². The van der Waals surface area contributed by atoms with Crippen LogP contribution in [0, 0.1) is 5.41 Å². The Bertz CT molecular complexity index is 1360. The van der Waals surface area contributed by atoms with Crippen molar-refractivity contribution in [3.8, 4) is 11.5 Å². The Morgan fingerprint density at radius 1 is 0.564 bits per heavy atom. The van der Waals surface area contributed by atoms with Gasteiger partial charge in [0.05, 0.1) is 26.3 Å². The molecule has 2 fully saturated rings. The van der Waals surface area contributed by atoms with Crippen LogP contribution in [-0.2, 0) is 9.59 Å². The first-order valence-corrected chi connectivity index (χ1v) is 13.1. The van der Waals surface area contributed by atoms with Crippen LogP contribution in [0.25, 0.3) is 0 Å². The molecular formula is C33H30N2O4. The van der Waals surface area contributed by atoms with Crippen LogP contribution >= 0.6 is 0 Å². The van der Waals surface area contributed by atoms with Gasteiger partial charge in [0.25, 0.3) is 0 Å². The maximum atomic E-state index is 14.6. The van der Waals surface area contributed by atoms with Gasteiger partial charge in [-0.05, 0) is 72.5 Å². The number of benzene rings is 4. The lowest BCUT2D eigenvalue weighted by atomic mass is 9.80. The van der Waals surface area contributed by atoms with Crippen LogP contribution in [-0.4, -0.2) is 26.0 Å². The second-order valence-corrected chi connectivity index (χ2v) is 10.1. The molecule has 0 radical (unpaired) electrons. The fourth-order valence-electron chi connectivity index (χ4n) is 6.08. The van der Waals surface area contributed by atoms with E-state index in [0.717, 1.165) is 22.5 Å². The zero-order chi connectivity index (χ0) is 27.0. The minimum atomic E-state index is -1.19. The predicted molar refractivity (Wildman–Crippen MR) is 151 cm³/mol. The van der Waals surface area contributed by atoms with Crippen molar-refractivity contribution in [2.75, 3.05) is 24.0 Å². The number of nitrogens with zero attached hydrogens (tertiary/aromatic N) is 2. The summed E-state index contributed by atoms with van der Waals surface area (Å²) >= 11 is 0. The Balaban J connectivity index is 1.47. The van der Waals surface area contributed by atoms with Gasteiger partial charge in [-0.2, -0.15) is 0 Å². The van der Waals surface area contributed by atoms with Gasteiger partial charge in [-0.15, -0.1) is 0 Å². The monoisotopic (exact) mass is 518 g/mol. The van der Waals surface area contributed by atoms with Crippen molar-refractivity contribution in [2.24, 2.45) is 5.41 Å². The number of hydrogen-bond donors (Lipinski definition) is 0. The highest BCUT2D eigenvalue weighted by molar-refractivity contribution is 6.20. The molecule has 6 heteroatoms. The van der Waals surface area contributed by atoms with Crippen LogP contribution in [0.15, 0.2) is 109 Å². The average Bonchev–Trinajstić information content (AvgIpc) is 3.47. The molecule has 2 atom stereocenters. The van der Waals surface area contributed by atoms with E-state index >= 15 is 0 Å². The van der Waals surface area contributed by atoms with E-state index in [1.54, 1.807) is 14.2 Å². The van der Waals surface area contributed by atoms with E-state index in [0.29, 0.717) is 24.3 Å². The van der Waals surface area contributed by atoms with Crippen molar-refractivity contribution in [1.82, 2.24) is 0 Å². The Kier molecular flexibility index (Phi) is 6.31. The largest absolute Gasteiger partial charge is 0.497 e. The molecule has 4 aromatic carbocycles. The summed E-state index contributed by atoms with van der Waals surface area (Å²) in [5, 5.41) is 0. The maximum absolute atomic E-state index is 14.6. The lowest BCUT2D eigenvalue weighted by Gasteiger charge is -2.26. The highest BCUT2D eigenvalue weighted by Crippen LogP contribution is 2.57. The predicted octanol–water partition coefficient (Wildman–Crippen LogP) is 6.35. The standard InChI is InChI=1S/C33H30N2O4/c1-38-27-17-13-25(14-18-27)34-29(23-9-5-3-6-10-23)21-33(31(34)36)22-30(24-11-7-4-8-12-24)35(32(33)37)26-15-19-28(39-2)20-16-26/h3-20,29-30H,21-22H2,1-2H3. The normalized spacial score (nSPS) is 22.5. The molecule has 0 aromatic heterocycles. The molecule has 0 N–H and O–H groups in total. The van der Waals surface area contributed by atoms with Crippen molar-refractivity contribution in [2.45, 2.75) is 24.9 Å². The van der Waals surface area contributed by atoms with Crippen molar-refractivity contribution >= 4 is 23.2 Å². The second kappa shape index (κ2) is 9.95. The van der Waals surface area contributed by atoms with Crippen LogP contribution in [0.3, 0.4) is 0 Å². The lowest BCUT2D eigenvalue weighted by molar-refractivity contribution is -0.135. The van der Waals surface area contributed by atoms with E-state index in [2.05, 4.69) is 0 Å². The van der Waals surface area contributed by atoms with Crippen LogP contribution in [0.4, 0.5) is 11.4 Å². The Labute approximate surface area is 228 Å². The molecule has 2 aliphatic rings. The number of amides is 2. The summed E-state index contributed by atoms with van der Waals surface area (Å²) in [5.74, 6) is 1.10. The van der Waals surface area contributed by atoms with Crippen molar-refractivity contribution < 1.29 is 19.1 Å². The Morgan fingerprint density at radius 3 is 1.26 bits per heavy atom. The molecule has 6 nitrogen and oxygen atoms in total. The number of methoxy groups -OCH3 is 2. The molecule has 2 heterocycles. The fourth-order valence-corrected chi connectivity index (χ4v) is 6.08. The topological polar surface area (TPSA) is 59.1 Å². The average molecular weight is 519 g/mol. The summed E-state index contributed by atoms with van der Waals surface area (Å²) in [4.78, 5) is 32.7. The first-order chi connectivity index (χ1) is 19.1. The lowest BCUT2D eigenvalue weighted by Crippen LogP contribution is -2.41. The number of anilines is 2. The molecule has 0 aliphatic carbocycles. The van der Waals surface area contributed by atoms with Crippen LogP contribution in [0.5, 0.6) is 11.5 Å².